The van der Waals surface area contributed by atoms with Gasteiger partial charge in [-0.3, -0.25) is 0 Å². The average molecular weight is 180 g/mol. The second kappa shape index (κ2) is 4.77. The third kappa shape index (κ3) is 2.66. The van der Waals surface area contributed by atoms with Gasteiger partial charge in [0.25, 0.3) is 0 Å². The molecule has 0 saturated heterocycles. The van der Waals surface area contributed by atoms with Crippen molar-refractivity contribution >= 4 is 5.95 Å². The van der Waals surface area contributed by atoms with Gasteiger partial charge in [-0.1, -0.05) is 6.92 Å². The van der Waals surface area contributed by atoms with Crippen LogP contribution in [-0.4, -0.2) is 16.5 Å². The van der Waals surface area contributed by atoms with Crippen molar-refractivity contribution in [3.05, 3.63) is 17.5 Å². The molecule has 1 aromatic rings. The SMILES string of the molecule is CCCNc1ncc(CN)c(C)n1. The molecule has 0 atom stereocenters. The van der Waals surface area contributed by atoms with Crippen LogP contribution >= 0.6 is 0 Å². The van der Waals surface area contributed by atoms with Gasteiger partial charge in [-0.15, -0.1) is 0 Å². The number of hydrogen-bond acceptors (Lipinski definition) is 4. The lowest BCUT2D eigenvalue weighted by Gasteiger charge is -2.05. The molecule has 0 unspecified atom stereocenters. The first kappa shape index (κ1) is 9.92. The molecule has 0 aliphatic rings. The smallest absolute Gasteiger partial charge is 0.222 e. The Morgan fingerprint density at radius 3 is 2.85 bits per heavy atom. The molecule has 0 bridgehead atoms. The summed E-state index contributed by atoms with van der Waals surface area (Å²) in [5.74, 6) is 0.691. The maximum Gasteiger partial charge on any atom is 0.222 e. The normalized spacial score (nSPS) is 10.1. The summed E-state index contributed by atoms with van der Waals surface area (Å²) in [6.45, 7) is 5.45. The molecule has 72 valence electrons. The minimum Gasteiger partial charge on any atom is -0.354 e. The van der Waals surface area contributed by atoms with Gasteiger partial charge in [0.2, 0.25) is 5.95 Å². The monoisotopic (exact) mass is 180 g/mol. The fraction of sp³-hybridized carbons (Fsp3) is 0.556. The van der Waals surface area contributed by atoms with Crippen LogP contribution in [0, 0.1) is 6.92 Å². The number of nitrogens with two attached hydrogens (primary N) is 1. The Kier molecular flexibility index (Phi) is 3.64. The summed E-state index contributed by atoms with van der Waals surface area (Å²) in [4.78, 5) is 8.42. The number of rotatable bonds is 4. The number of nitrogens with zero attached hydrogens (tertiary/aromatic N) is 2. The summed E-state index contributed by atoms with van der Waals surface area (Å²) in [5, 5.41) is 3.12. The quantitative estimate of drug-likeness (QED) is 0.727. The minimum absolute atomic E-state index is 0.500. The summed E-state index contributed by atoms with van der Waals surface area (Å²) < 4.78 is 0. The van der Waals surface area contributed by atoms with E-state index in [-0.39, 0.29) is 0 Å². The number of nitrogens with one attached hydrogen (secondary N) is 1. The van der Waals surface area contributed by atoms with Crippen LogP contribution in [0.2, 0.25) is 0 Å². The Morgan fingerprint density at radius 2 is 2.31 bits per heavy atom. The van der Waals surface area contributed by atoms with Crippen LogP contribution in [0.5, 0.6) is 0 Å². The molecule has 0 radical (unpaired) electrons. The van der Waals surface area contributed by atoms with Crippen LogP contribution in [-0.2, 0) is 6.54 Å². The zero-order chi connectivity index (χ0) is 9.68. The van der Waals surface area contributed by atoms with E-state index in [2.05, 4.69) is 22.2 Å². The number of aromatic nitrogens is 2. The van der Waals surface area contributed by atoms with Gasteiger partial charge >= 0.3 is 0 Å². The van der Waals surface area contributed by atoms with E-state index in [9.17, 15) is 0 Å². The lowest BCUT2D eigenvalue weighted by molar-refractivity contribution is 0.923. The second-order valence-electron chi connectivity index (χ2n) is 2.94. The highest BCUT2D eigenvalue weighted by atomic mass is 15.1. The molecule has 0 fully saturated rings. The lowest BCUT2D eigenvalue weighted by atomic mass is 10.2. The molecule has 0 spiro atoms. The first-order chi connectivity index (χ1) is 6.27. The van der Waals surface area contributed by atoms with E-state index in [1.54, 1.807) is 6.20 Å². The molecule has 4 heteroatoms. The number of aryl methyl sites for hydroxylation is 1. The Bertz CT molecular complexity index is 272. The molecule has 1 heterocycles. The maximum absolute atomic E-state index is 5.50. The largest absolute Gasteiger partial charge is 0.354 e. The molecule has 1 aromatic heterocycles. The highest BCUT2D eigenvalue weighted by molar-refractivity contribution is 5.28. The topological polar surface area (TPSA) is 63.8 Å². The van der Waals surface area contributed by atoms with E-state index >= 15 is 0 Å². The molecule has 0 aliphatic carbocycles. The van der Waals surface area contributed by atoms with E-state index in [1.165, 1.54) is 0 Å². The molecular formula is C9H16N4. The third-order valence-electron chi connectivity index (χ3n) is 1.83. The van der Waals surface area contributed by atoms with Crippen LogP contribution in [0.15, 0.2) is 6.20 Å². The van der Waals surface area contributed by atoms with E-state index in [0.29, 0.717) is 12.5 Å². The molecule has 0 amide bonds. The second-order valence-corrected chi connectivity index (χ2v) is 2.94. The van der Waals surface area contributed by atoms with Crippen LogP contribution in [0.4, 0.5) is 5.95 Å². The van der Waals surface area contributed by atoms with Crippen LogP contribution in [0.1, 0.15) is 24.6 Å². The Hall–Kier alpha value is -1.16. The minimum atomic E-state index is 0.500. The Morgan fingerprint density at radius 1 is 1.54 bits per heavy atom. The van der Waals surface area contributed by atoms with Crippen LogP contribution < -0.4 is 11.1 Å². The number of hydrogen-bond donors (Lipinski definition) is 2. The van der Waals surface area contributed by atoms with Crippen molar-refractivity contribution in [3.63, 3.8) is 0 Å². The number of anilines is 1. The van der Waals surface area contributed by atoms with Crippen molar-refractivity contribution in [1.29, 1.82) is 0 Å². The van der Waals surface area contributed by atoms with Gasteiger partial charge in [-0.25, -0.2) is 9.97 Å². The van der Waals surface area contributed by atoms with Crippen molar-refractivity contribution in [2.45, 2.75) is 26.8 Å². The van der Waals surface area contributed by atoms with Gasteiger partial charge < -0.3 is 11.1 Å². The summed E-state index contributed by atoms with van der Waals surface area (Å²) in [6, 6.07) is 0. The van der Waals surface area contributed by atoms with Gasteiger partial charge in [0, 0.05) is 30.5 Å². The molecule has 0 aromatic carbocycles. The molecule has 0 saturated carbocycles. The van der Waals surface area contributed by atoms with E-state index in [4.69, 9.17) is 5.73 Å². The van der Waals surface area contributed by atoms with Gasteiger partial charge in [0.05, 0.1) is 0 Å². The van der Waals surface area contributed by atoms with Crippen molar-refractivity contribution in [2.24, 2.45) is 5.73 Å². The third-order valence-corrected chi connectivity index (χ3v) is 1.83. The Balaban J connectivity index is 2.71. The summed E-state index contributed by atoms with van der Waals surface area (Å²) in [5.41, 5.74) is 7.46. The van der Waals surface area contributed by atoms with Crippen molar-refractivity contribution in [1.82, 2.24) is 9.97 Å². The summed E-state index contributed by atoms with van der Waals surface area (Å²) in [6.07, 6.45) is 2.85. The molecule has 13 heavy (non-hydrogen) atoms. The van der Waals surface area contributed by atoms with Gasteiger partial charge in [-0.2, -0.15) is 0 Å². The van der Waals surface area contributed by atoms with E-state index in [1.807, 2.05) is 6.92 Å². The fourth-order valence-corrected chi connectivity index (χ4v) is 1.01. The molecule has 0 aliphatic heterocycles. The van der Waals surface area contributed by atoms with E-state index in [0.717, 1.165) is 24.2 Å². The van der Waals surface area contributed by atoms with Crippen molar-refractivity contribution in [2.75, 3.05) is 11.9 Å². The molecular weight excluding hydrogens is 164 g/mol. The average Bonchev–Trinajstić information content (AvgIpc) is 2.15. The van der Waals surface area contributed by atoms with Crippen LogP contribution in [0.25, 0.3) is 0 Å². The van der Waals surface area contributed by atoms with Crippen molar-refractivity contribution in [3.8, 4) is 0 Å². The first-order valence-corrected chi connectivity index (χ1v) is 4.54. The predicted octanol–water partition coefficient (Wildman–Crippen LogP) is 1.07. The molecule has 4 nitrogen and oxygen atoms in total. The van der Waals surface area contributed by atoms with Gasteiger partial charge in [0.1, 0.15) is 0 Å². The van der Waals surface area contributed by atoms with Gasteiger partial charge in [-0.05, 0) is 13.3 Å². The zero-order valence-electron chi connectivity index (χ0n) is 8.17. The first-order valence-electron chi connectivity index (χ1n) is 4.54. The van der Waals surface area contributed by atoms with Crippen molar-refractivity contribution < 1.29 is 0 Å². The lowest BCUT2D eigenvalue weighted by Crippen LogP contribution is -2.08. The predicted molar refractivity (Wildman–Crippen MR) is 53.4 cm³/mol. The zero-order valence-corrected chi connectivity index (χ0v) is 8.17. The van der Waals surface area contributed by atoms with E-state index < -0.39 is 0 Å². The molecule has 3 N–H and O–H groups in total. The fourth-order valence-electron chi connectivity index (χ4n) is 1.01. The standard InChI is InChI=1S/C9H16N4/c1-3-4-11-9-12-6-8(5-10)7(2)13-9/h6H,3-5,10H2,1-2H3,(H,11,12,13). The summed E-state index contributed by atoms with van der Waals surface area (Å²) in [7, 11) is 0. The van der Waals surface area contributed by atoms with Gasteiger partial charge in [0.15, 0.2) is 0 Å². The molecule has 1 rings (SSSR count). The summed E-state index contributed by atoms with van der Waals surface area (Å²) >= 11 is 0. The van der Waals surface area contributed by atoms with Crippen LogP contribution in [0.3, 0.4) is 0 Å². The highest BCUT2D eigenvalue weighted by Gasteiger charge is 1.99. The maximum atomic E-state index is 5.50. The highest BCUT2D eigenvalue weighted by Crippen LogP contribution is 2.05. The Labute approximate surface area is 78.6 Å².